The number of carbonyl (C=O) groups excluding carboxylic acids is 1. The van der Waals surface area contributed by atoms with Crippen LogP contribution in [-0.2, 0) is 0 Å². The average molecular weight is 1880 g/mol. The molecule has 3 unspecified atom stereocenters. The molecular formula is C111H169N6O2PSi8. The van der Waals surface area contributed by atoms with E-state index >= 15 is 4.79 Å². The minimum absolute atomic E-state index is 0.000501. The zero-order valence-electron chi connectivity index (χ0n) is 88.1. The van der Waals surface area contributed by atoms with Crippen LogP contribution in [0.4, 0.5) is 0 Å². The minimum Gasteiger partial charge on any atom is -0.497 e. The molecule has 17 heteroatoms. The van der Waals surface area contributed by atoms with Crippen molar-refractivity contribution < 1.29 is 9.53 Å². The third kappa shape index (κ3) is 18.8. The van der Waals surface area contributed by atoms with Gasteiger partial charge < -0.3 is 10.1 Å². The van der Waals surface area contributed by atoms with Crippen LogP contribution in [0, 0.1) is 11.8 Å². The summed E-state index contributed by atoms with van der Waals surface area (Å²) >= 11 is 0. The minimum atomic E-state index is -2.24. The average Bonchev–Trinajstić information content (AvgIpc) is 1.22. The molecule has 7 atom stereocenters. The van der Waals surface area contributed by atoms with Crippen molar-refractivity contribution >= 4 is 148 Å². The highest BCUT2D eigenvalue weighted by molar-refractivity contribution is 7.80. The van der Waals surface area contributed by atoms with Crippen LogP contribution in [0.25, 0.3) is 55.5 Å². The van der Waals surface area contributed by atoms with Gasteiger partial charge in [0.05, 0.1) is 83.3 Å². The molecule has 3 aliphatic heterocycles. The zero-order chi connectivity index (χ0) is 95.5. The molecule has 3 fully saturated rings. The Morgan fingerprint density at radius 2 is 0.875 bits per heavy atom. The standard InChI is InChI=1S/C111H169N6O2PSi8/c1-43-74-73-116-51-50-75(74)66-99(116)102(97-72-101-113-114-115-117(101)98-49-48-84(119-26)67-96(97)98)112-103(118)95-46-44-45-47-100(95)120(85-54-76(80-58-87(121(27,28)104(2,3)4)68-88(59-80)122(29,30)105(5,6)7)52-77(55-85)81-60-89(123(31,32)106(8,9)10)69-90(61-81)124(33,34)107(11,12)13)86-56-78(82-62-91(125(35,36)108(14,15)16)70-92(63-82)126(37,38)109(17,18)19)53-79(57-86)83-64-93(127(39,40)110(20,21)22)71-94(65-83)128(41,42)111(23,24)25/h44-49,52-64,67-72,74-75,94,99,102H,43,50-51,65-66,73H2,1-42H3,(H,112,118)/t74-,75-,94?,99+,102+,120?/m0/s1. The summed E-state index contributed by atoms with van der Waals surface area (Å²) in [5.41, 5.74) is 14.0. The molecule has 13 rings (SSSR count). The van der Waals surface area contributed by atoms with Gasteiger partial charge in [-0.3, -0.25) is 9.69 Å². The van der Waals surface area contributed by atoms with Gasteiger partial charge in [0.2, 0.25) is 0 Å². The molecule has 7 aromatic carbocycles. The van der Waals surface area contributed by atoms with Crippen LogP contribution in [0.2, 0.25) is 151 Å². The predicted molar refractivity (Wildman–Crippen MR) is 588 cm³/mol. The molecule has 128 heavy (non-hydrogen) atoms. The molecule has 1 aliphatic carbocycles. The van der Waals surface area contributed by atoms with E-state index in [-0.39, 0.29) is 52.3 Å². The molecule has 1 N–H and O–H groups in total. The summed E-state index contributed by atoms with van der Waals surface area (Å²) in [7, 11) is -17.7. The van der Waals surface area contributed by atoms with Gasteiger partial charge in [-0.2, -0.15) is 4.52 Å². The number of aromatic nitrogens is 4. The number of ether oxygens (including phenoxy) is 1. The fraction of sp³-hybridized carbons (Fsp3) is 0.550. The fourth-order valence-electron chi connectivity index (χ4n) is 19.0. The Labute approximate surface area is 787 Å². The van der Waals surface area contributed by atoms with Crippen LogP contribution in [0.3, 0.4) is 0 Å². The van der Waals surface area contributed by atoms with Crippen molar-refractivity contribution in [3.05, 3.63) is 174 Å². The second-order valence-electron chi connectivity index (χ2n) is 52.4. The number of pyridine rings is 1. The topological polar surface area (TPSA) is 84.7 Å². The summed E-state index contributed by atoms with van der Waals surface area (Å²) in [6, 6.07) is 57.1. The van der Waals surface area contributed by atoms with E-state index in [1.54, 1.807) is 12.3 Å². The lowest BCUT2D eigenvalue weighted by Crippen LogP contribution is -2.57. The Morgan fingerprint density at radius 1 is 0.477 bits per heavy atom. The molecule has 5 heterocycles. The summed E-state index contributed by atoms with van der Waals surface area (Å²) in [4.78, 5) is 20.5. The van der Waals surface area contributed by atoms with E-state index in [1.165, 1.54) is 86.2 Å². The number of benzene rings is 7. The number of methoxy groups -OCH3 is 1. The van der Waals surface area contributed by atoms with E-state index in [9.17, 15) is 0 Å². The van der Waals surface area contributed by atoms with Crippen LogP contribution in [0.5, 0.6) is 5.75 Å². The van der Waals surface area contributed by atoms with Gasteiger partial charge in [-0.25, -0.2) is 0 Å². The largest absolute Gasteiger partial charge is 0.497 e. The van der Waals surface area contributed by atoms with Crippen molar-refractivity contribution in [2.24, 2.45) is 11.8 Å². The SMILES string of the molecule is CC[C@H]1CN2CC[C@H]1C[C@@H]2[C@H](NC(=O)c1ccccc1P(c1cc(C2=CC([Si](C)(C)C(C)(C)C)=CC([Si](C)(C)C(C)(C)C)C2)cc(-c2cc([Si](C)(C)C(C)(C)C)cc([Si](C)(C)C(C)(C)C)c2)c1)c1cc(-c2cc([Si](C)(C)C(C)(C)C)cc([Si](C)(C)C(C)(C)C)c2)cc(-c2cc([Si](C)(C)C(C)(C)C)cc([Si](C)(C)C(C)(C)C)c2)c1)c1cc2nnnn2c2ccc(OC)cc12. The molecule has 4 aliphatic rings. The van der Waals surface area contributed by atoms with E-state index in [4.69, 9.17) is 9.84 Å². The molecule has 2 bridgehead atoms. The number of carbonyl (C=O) groups is 1. The first kappa shape index (κ1) is 101. The number of hydrogen-bond donors (Lipinski definition) is 1. The lowest BCUT2D eigenvalue weighted by Gasteiger charge is -2.52. The fourth-order valence-corrected chi connectivity index (χ4v) is 38.1. The molecule has 692 valence electrons. The summed E-state index contributed by atoms with van der Waals surface area (Å²) in [5, 5.41) is 33.5. The van der Waals surface area contributed by atoms with E-state index in [0.29, 0.717) is 28.6 Å². The number of tetrazole rings is 1. The zero-order valence-corrected chi connectivity index (χ0v) is 97.0. The van der Waals surface area contributed by atoms with Crippen LogP contribution in [0.1, 0.15) is 226 Å². The summed E-state index contributed by atoms with van der Waals surface area (Å²) in [5.74, 6) is 1.79. The molecule has 3 saturated heterocycles. The van der Waals surface area contributed by atoms with Crippen molar-refractivity contribution in [3.63, 3.8) is 0 Å². The third-order valence-corrected chi connectivity index (χ3v) is 84.0. The van der Waals surface area contributed by atoms with Gasteiger partial charge >= 0.3 is 0 Å². The third-order valence-electron chi connectivity index (χ3n) is 37.1. The smallest absolute Gasteiger partial charge is 0.252 e. The highest BCUT2D eigenvalue weighted by Gasteiger charge is 2.51. The Kier molecular flexibility index (Phi) is 27.3. The molecule has 0 spiro atoms. The van der Waals surface area contributed by atoms with E-state index in [2.05, 4.69) is 444 Å². The highest BCUT2D eigenvalue weighted by Crippen LogP contribution is 2.55. The first-order chi connectivity index (χ1) is 58.3. The molecule has 2 aromatic heterocycles. The molecule has 8 nitrogen and oxygen atoms in total. The second kappa shape index (κ2) is 34.5. The maximum atomic E-state index is 17.8. The number of fused-ring (bicyclic) bond motifs is 6. The summed E-state index contributed by atoms with van der Waals surface area (Å²) in [6.45, 7) is 107. The van der Waals surface area contributed by atoms with Crippen LogP contribution in [0.15, 0.2) is 157 Å². The number of allylic oxidation sites excluding steroid dienone is 4. The normalized spacial score (nSPS) is 19.0. The Morgan fingerprint density at radius 3 is 1.26 bits per heavy atom. The Hall–Kier alpha value is -5.77. The summed E-state index contributed by atoms with van der Waals surface area (Å²) < 4.78 is 7.98. The number of hydrogen-bond acceptors (Lipinski definition) is 6. The van der Waals surface area contributed by atoms with E-state index < -0.39 is 78.6 Å². The highest BCUT2D eigenvalue weighted by atomic mass is 31.1. The van der Waals surface area contributed by atoms with Gasteiger partial charge in [-0.1, -0.05) is 406 Å². The quantitative estimate of drug-likeness (QED) is 0.0570. The molecule has 0 saturated carbocycles. The predicted octanol–water partition coefficient (Wildman–Crippen LogP) is 27.6. The van der Waals surface area contributed by atoms with Crippen LogP contribution in [-0.4, -0.2) is 122 Å². The first-order valence-electron chi connectivity index (χ1n) is 48.7. The Bertz CT molecular complexity index is 5510. The van der Waals surface area contributed by atoms with E-state index in [0.717, 1.165) is 66.3 Å². The number of piperidine rings is 3. The van der Waals surface area contributed by atoms with Gasteiger partial charge in [0.1, 0.15) is 5.75 Å². The first-order valence-corrected chi connectivity index (χ1v) is 74.1. The van der Waals surface area contributed by atoms with Gasteiger partial charge in [0.25, 0.3) is 5.91 Å². The van der Waals surface area contributed by atoms with E-state index in [1.807, 2.05) is 10.6 Å². The molecular weight excluding hydrogens is 1700 g/mol. The van der Waals surface area contributed by atoms with Gasteiger partial charge in [-0.15, -0.1) is 5.10 Å². The maximum Gasteiger partial charge on any atom is 0.252 e. The number of amides is 1. The van der Waals surface area contributed by atoms with Gasteiger partial charge in [0, 0.05) is 23.5 Å². The van der Waals surface area contributed by atoms with Gasteiger partial charge in [-0.05, 0) is 235 Å². The Balaban J connectivity index is 1.30. The molecule has 0 radical (unpaired) electrons. The van der Waals surface area contributed by atoms with Crippen molar-refractivity contribution in [2.75, 3.05) is 20.2 Å². The number of nitrogens with zero attached hydrogens (tertiary/aromatic N) is 5. The monoisotopic (exact) mass is 1870 g/mol. The number of nitrogens with one attached hydrogen (secondary N) is 1. The number of rotatable bonds is 21. The second-order valence-corrected chi connectivity index (χ2v) is 97.5. The van der Waals surface area contributed by atoms with Crippen molar-refractivity contribution in [1.29, 1.82) is 0 Å². The van der Waals surface area contributed by atoms with Crippen molar-refractivity contribution in [2.45, 2.75) is 361 Å². The van der Waals surface area contributed by atoms with Crippen molar-refractivity contribution in [3.8, 4) is 39.1 Å². The van der Waals surface area contributed by atoms with Gasteiger partial charge in [0.15, 0.2) is 5.65 Å². The summed E-state index contributed by atoms with van der Waals surface area (Å²) in [6.07, 6.45) is 9.80. The van der Waals surface area contributed by atoms with Crippen molar-refractivity contribution in [1.82, 2.24) is 30.3 Å². The molecule has 1 amide bonds. The lowest BCUT2D eigenvalue weighted by atomic mass is 9.72. The van der Waals surface area contributed by atoms with Crippen LogP contribution >= 0.6 is 7.92 Å². The molecule has 9 aromatic rings. The van der Waals surface area contributed by atoms with Crippen LogP contribution < -0.4 is 57.1 Å². The lowest BCUT2D eigenvalue weighted by molar-refractivity contribution is -0.0152. The maximum absolute atomic E-state index is 17.8.